The minimum Gasteiger partial charge on any atom is -0.478 e. The third-order valence-electron chi connectivity index (χ3n) is 4.98. The lowest BCUT2D eigenvalue weighted by Gasteiger charge is -2.33. The van der Waals surface area contributed by atoms with Crippen molar-refractivity contribution in [1.82, 2.24) is 9.80 Å². The maximum absolute atomic E-state index is 10.9. The van der Waals surface area contributed by atoms with Crippen LogP contribution < -0.4 is 0 Å². The van der Waals surface area contributed by atoms with Gasteiger partial charge in [-0.3, -0.25) is 4.90 Å². The second kappa shape index (κ2) is 6.99. The van der Waals surface area contributed by atoms with E-state index in [0.29, 0.717) is 12.1 Å². The molecular weight excluding hydrogens is 292 g/mol. The molecule has 0 saturated carbocycles. The normalized spacial score (nSPS) is 26.5. The molecule has 5 nitrogen and oxygen atoms in total. The van der Waals surface area contributed by atoms with Gasteiger partial charge in [-0.25, -0.2) is 4.79 Å². The van der Waals surface area contributed by atoms with Crippen LogP contribution in [-0.2, 0) is 6.54 Å². The third kappa shape index (κ3) is 4.31. The van der Waals surface area contributed by atoms with Gasteiger partial charge < -0.3 is 15.1 Å². The van der Waals surface area contributed by atoms with Gasteiger partial charge in [0.05, 0.1) is 11.2 Å². The Morgan fingerprint density at radius 3 is 2.39 bits per heavy atom. The smallest absolute Gasteiger partial charge is 0.335 e. The van der Waals surface area contributed by atoms with E-state index in [0.717, 1.165) is 44.7 Å². The zero-order valence-corrected chi connectivity index (χ0v) is 13.6. The van der Waals surface area contributed by atoms with E-state index in [1.807, 2.05) is 12.1 Å². The van der Waals surface area contributed by atoms with Crippen molar-refractivity contribution in [3.8, 4) is 0 Å². The molecule has 2 heterocycles. The van der Waals surface area contributed by atoms with E-state index in [1.54, 1.807) is 12.1 Å². The predicted molar refractivity (Wildman–Crippen MR) is 88.5 cm³/mol. The molecule has 0 bridgehead atoms. The summed E-state index contributed by atoms with van der Waals surface area (Å²) in [6.07, 6.45) is 4.62. The summed E-state index contributed by atoms with van der Waals surface area (Å²) in [6, 6.07) is 7.03. The van der Waals surface area contributed by atoms with Gasteiger partial charge in [0, 0.05) is 26.2 Å². The summed E-state index contributed by atoms with van der Waals surface area (Å²) in [4.78, 5) is 15.5. The molecule has 0 radical (unpaired) electrons. The number of carboxylic acids is 1. The van der Waals surface area contributed by atoms with Gasteiger partial charge in [-0.05, 0) is 50.0 Å². The molecule has 2 aliphatic heterocycles. The molecule has 23 heavy (non-hydrogen) atoms. The average molecular weight is 318 g/mol. The summed E-state index contributed by atoms with van der Waals surface area (Å²) in [5.74, 6) is -0.895. The molecule has 1 aromatic rings. The van der Waals surface area contributed by atoms with Crippen LogP contribution in [0.1, 0.15) is 41.6 Å². The number of likely N-dealkylation sites (tertiary alicyclic amines) is 2. The number of rotatable bonds is 5. The molecule has 126 valence electrons. The molecule has 2 fully saturated rings. The fraction of sp³-hybridized carbons (Fsp3) is 0.611. The number of carboxylic acid groups (broad SMARTS) is 1. The highest BCUT2D eigenvalue weighted by Gasteiger charge is 2.37. The third-order valence-corrected chi connectivity index (χ3v) is 4.98. The Kier molecular flexibility index (Phi) is 4.99. The van der Waals surface area contributed by atoms with E-state index in [1.165, 1.54) is 19.3 Å². The lowest BCUT2D eigenvalue weighted by Crippen LogP contribution is -2.46. The van der Waals surface area contributed by atoms with Crippen LogP contribution in [0.5, 0.6) is 0 Å². The second-order valence-corrected chi connectivity index (χ2v) is 7.02. The number of nitrogens with zero attached hydrogens (tertiary/aromatic N) is 2. The minimum atomic E-state index is -0.895. The fourth-order valence-electron chi connectivity index (χ4n) is 3.75. The molecule has 2 aliphatic rings. The maximum Gasteiger partial charge on any atom is 0.335 e. The van der Waals surface area contributed by atoms with Crippen LogP contribution in [0.3, 0.4) is 0 Å². The summed E-state index contributed by atoms with van der Waals surface area (Å²) in [7, 11) is 0. The highest BCUT2D eigenvalue weighted by atomic mass is 16.4. The lowest BCUT2D eigenvalue weighted by molar-refractivity contribution is 0.00635. The van der Waals surface area contributed by atoms with E-state index in [9.17, 15) is 9.90 Å². The van der Waals surface area contributed by atoms with Crippen LogP contribution >= 0.6 is 0 Å². The zero-order valence-electron chi connectivity index (χ0n) is 13.6. The topological polar surface area (TPSA) is 64.0 Å². The number of β-amino-alcohol motifs (C(OH)–C–C–N with tert-alkyl or cyclic N) is 1. The van der Waals surface area contributed by atoms with Gasteiger partial charge in [-0.2, -0.15) is 0 Å². The summed E-state index contributed by atoms with van der Waals surface area (Å²) >= 11 is 0. The molecule has 0 spiro atoms. The summed E-state index contributed by atoms with van der Waals surface area (Å²) < 4.78 is 0. The molecule has 0 aromatic heterocycles. The molecule has 1 unspecified atom stereocenters. The maximum atomic E-state index is 10.9. The lowest BCUT2D eigenvalue weighted by atomic mass is 10.0. The van der Waals surface area contributed by atoms with Crippen molar-refractivity contribution >= 4 is 5.97 Å². The number of carbonyl (C=O) groups is 1. The Bertz CT molecular complexity index is 540. The monoisotopic (exact) mass is 318 g/mol. The first-order valence-electron chi connectivity index (χ1n) is 8.53. The summed E-state index contributed by atoms with van der Waals surface area (Å²) in [5.41, 5.74) is 0.812. The van der Waals surface area contributed by atoms with Crippen molar-refractivity contribution in [2.45, 2.75) is 37.8 Å². The average Bonchev–Trinajstić information content (AvgIpc) is 2.89. The Labute approximate surface area is 137 Å². The number of hydrogen-bond donors (Lipinski definition) is 2. The van der Waals surface area contributed by atoms with E-state index < -0.39 is 11.6 Å². The highest BCUT2D eigenvalue weighted by Crippen LogP contribution is 2.25. The first kappa shape index (κ1) is 16.4. The second-order valence-electron chi connectivity index (χ2n) is 7.02. The zero-order chi connectivity index (χ0) is 16.3. The molecule has 2 saturated heterocycles. The predicted octanol–water partition coefficient (Wildman–Crippen LogP) is 1.81. The van der Waals surface area contributed by atoms with Crippen molar-refractivity contribution in [3.63, 3.8) is 0 Å². The van der Waals surface area contributed by atoms with Crippen molar-refractivity contribution in [3.05, 3.63) is 35.4 Å². The van der Waals surface area contributed by atoms with Gasteiger partial charge in [0.15, 0.2) is 0 Å². The summed E-state index contributed by atoms with van der Waals surface area (Å²) in [5, 5.41) is 19.8. The van der Waals surface area contributed by atoms with Gasteiger partial charge in [-0.1, -0.05) is 18.6 Å². The highest BCUT2D eigenvalue weighted by molar-refractivity contribution is 5.87. The molecule has 1 aromatic carbocycles. The van der Waals surface area contributed by atoms with E-state index >= 15 is 0 Å². The van der Waals surface area contributed by atoms with Crippen molar-refractivity contribution in [1.29, 1.82) is 0 Å². The standard InChI is InChI=1S/C18H26N2O3/c21-17(22)16-6-4-15(5-7-16)12-20-11-8-18(23,14-20)13-19-9-2-1-3-10-19/h4-7,23H,1-3,8-14H2,(H,21,22). The van der Waals surface area contributed by atoms with E-state index in [2.05, 4.69) is 9.80 Å². The van der Waals surface area contributed by atoms with Crippen LogP contribution in [-0.4, -0.2) is 64.3 Å². The molecule has 5 heteroatoms. The van der Waals surface area contributed by atoms with E-state index in [-0.39, 0.29) is 0 Å². The number of hydrogen-bond acceptors (Lipinski definition) is 4. The van der Waals surface area contributed by atoms with Gasteiger partial charge in [-0.15, -0.1) is 0 Å². The van der Waals surface area contributed by atoms with Gasteiger partial charge in [0.2, 0.25) is 0 Å². The number of aromatic carboxylic acids is 1. The Balaban J connectivity index is 1.53. The molecule has 0 aliphatic carbocycles. The first-order chi connectivity index (χ1) is 11.0. The number of aliphatic hydroxyl groups is 1. The van der Waals surface area contributed by atoms with Crippen LogP contribution in [0.4, 0.5) is 0 Å². The Morgan fingerprint density at radius 1 is 1.04 bits per heavy atom. The number of piperidine rings is 1. The van der Waals surface area contributed by atoms with Gasteiger partial charge >= 0.3 is 5.97 Å². The van der Waals surface area contributed by atoms with Crippen molar-refractivity contribution in [2.24, 2.45) is 0 Å². The minimum absolute atomic E-state index is 0.316. The van der Waals surface area contributed by atoms with Crippen LogP contribution in [0.2, 0.25) is 0 Å². The molecular formula is C18H26N2O3. The first-order valence-corrected chi connectivity index (χ1v) is 8.53. The fourth-order valence-corrected chi connectivity index (χ4v) is 3.75. The quantitative estimate of drug-likeness (QED) is 0.867. The van der Waals surface area contributed by atoms with Crippen LogP contribution in [0.25, 0.3) is 0 Å². The molecule has 0 amide bonds. The van der Waals surface area contributed by atoms with Gasteiger partial charge in [0.25, 0.3) is 0 Å². The Hall–Kier alpha value is -1.43. The largest absolute Gasteiger partial charge is 0.478 e. The van der Waals surface area contributed by atoms with E-state index in [4.69, 9.17) is 5.11 Å². The SMILES string of the molecule is O=C(O)c1ccc(CN2CCC(O)(CN3CCCCC3)C2)cc1. The number of benzene rings is 1. The van der Waals surface area contributed by atoms with Crippen LogP contribution in [0.15, 0.2) is 24.3 Å². The van der Waals surface area contributed by atoms with Crippen molar-refractivity contribution in [2.75, 3.05) is 32.7 Å². The molecule has 2 N–H and O–H groups in total. The van der Waals surface area contributed by atoms with Gasteiger partial charge in [0.1, 0.15) is 0 Å². The Morgan fingerprint density at radius 2 is 1.74 bits per heavy atom. The molecule has 1 atom stereocenters. The van der Waals surface area contributed by atoms with Crippen LogP contribution in [0, 0.1) is 0 Å². The molecule has 3 rings (SSSR count). The summed E-state index contributed by atoms with van der Waals surface area (Å²) in [6.45, 7) is 5.36. The van der Waals surface area contributed by atoms with Crippen molar-refractivity contribution < 1.29 is 15.0 Å².